The molecule has 0 aliphatic carbocycles. The molecular formula is C33H34ClFN6O2. The second-order valence-corrected chi connectivity index (χ2v) is 11.6. The van der Waals surface area contributed by atoms with Crippen LogP contribution in [-0.4, -0.2) is 55.5 Å². The second-order valence-electron chi connectivity index (χ2n) is 11.2. The number of piperazine rings is 1. The van der Waals surface area contributed by atoms with Crippen molar-refractivity contribution in [3.05, 3.63) is 93.9 Å². The summed E-state index contributed by atoms with van der Waals surface area (Å²) in [6.45, 7) is 18.1. The number of amides is 1. The molecule has 4 heterocycles. The lowest BCUT2D eigenvalue weighted by atomic mass is 10.0. The van der Waals surface area contributed by atoms with Gasteiger partial charge in [-0.25, -0.2) is 18.7 Å². The summed E-state index contributed by atoms with van der Waals surface area (Å²) < 4.78 is 16.8. The van der Waals surface area contributed by atoms with Gasteiger partial charge < -0.3 is 9.80 Å². The molecule has 8 nitrogen and oxygen atoms in total. The zero-order valence-electron chi connectivity index (χ0n) is 24.9. The molecule has 0 bridgehead atoms. The number of pyridine rings is 2. The molecule has 0 unspecified atom stereocenters. The van der Waals surface area contributed by atoms with Gasteiger partial charge in [0.05, 0.1) is 27.5 Å². The Kier molecular flexibility index (Phi) is 8.21. The van der Waals surface area contributed by atoms with Gasteiger partial charge in [0, 0.05) is 36.9 Å². The second kappa shape index (κ2) is 11.7. The topological polar surface area (TPSA) is 84.2 Å². The Hall–Kier alpha value is -4.37. The quantitative estimate of drug-likeness (QED) is 0.190. The lowest BCUT2D eigenvalue weighted by Crippen LogP contribution is -2.58. The van der Waals surface area contributed by atoms with Crippen LogP contribution in [0.4, 0.5) is 10.2 Å². The summed E-state index contributed by atoms with van der Waals surface area (Å²) in [6, 6.07) is 7.80. The van der Waals surface area contributed by atoms with Gasteiger partial charge in [-0.1, -0.05) is 56.8 Å². The molecule has 5 rings (SSSR count). The molecule has 1 aromatic carbocycles. The molecule has 2 atom stereocenters. The number of fused-ring (bicyclic) bond motifs is 1. The Bertz CT molecular complexity index is 1820. The Morgan fingerprint density at radius 1 is 1.16 bits per heavy atom. The van der Waals surface area contributed by atoms with Crippen LogP contribution in [0.2, 0.25) is 5.02 Å². The summed E-state index contributed by atoms with van der Waals surface area (Å²) in [7, 11) is 0. The molecular weight excluding hydrogens is 569 g/mol. The molecule has 10 heteroatoms. The van der Waals surface area contributed by atoms with Crippen molar-refractivity contribution >= 4 is 40.4 Å². The predicted octanol–water partition coefficient (Wildman–Crippen LogP) is 6.32. The molecule has 0 spiro atoms. The van der Waals surface area contributed by atoms with Crippen LogP contribution >= 0.6 is 11.6 Å². The average molecular weight is 603 g/mol. The number of carbonyl (C=O) groups excluding carboxylic acids is 1. The molecule has 3 aromatic heterocycles. The smallest absolute Gasteiger partial charge is 0.347 e. The van der Waals surface area contributed by atoms with Crippen LogP contribution in [0.25, 0.3) is 34.1 Å². The third kappa shape index (κ3) is 5.22. The van der Waals surface area contributed by atoms with Crippen molar-refractivity contribution in [2.75, 3.05) is 18.0 Å². The molecule has 0 saturated carbocycles. The highest BCUT2D eigenvalue weighted by atomic mass is 35.5. The average Bonchev–Trinajstić information content (AvgIpc) is 2.96. The minimum atomic E-state index is -0.553. The van der Waals surface area contributed by atoms with Crippen molar-refractivity contribution < 1.29 is 9.18 Å². The van der Waals surface area contributed by atoms with Crippen molar-refractivity contribution in [3.8, 4) is 16.9 Å². The number of halogens is 2. The van der Waals surface area contributed by atoms with Crippen LogP contribution in [0, 0.1) is 12.7 Å². The van der Waals surface area contributed by atoms with Crippen LogP contribution < -0.4 is 10.6 Å². The number of aryl methyl sites for hydroxylation is 1. The fraction of sp³-hybridized carbons (Fsp3) is 0.303. The van der Waals surface area contributed by atoms with E-state index in [0.29, 0.717) is 41.2 Å². The van der Waals surface area contributed by atoms with E-state index in [2.05, 4.69) is 23.1 Å². The minimum Gasteiger partial charge on any atom is -0.347 e. The molecule has 1 fully saturated rings. The van der Waals surface area contributed by atoms with Crippen molar-refractivity contribution in [2.24, 2.45) is 0 Å². The summed E-state index contributed by atoms with van der Waals surface area (Å²) in [5.41, 5.74) is 2.69. The van der Waals surface area contributed by atoms with E-state index in [1.165, 1.54) is 16.7 Å². The van der Waals surface area contributed by atoms with E-state index < -0.39 is 11.5 Å². The number of rotatable bonds is 6. The van der Waals surface area contributed by atoms with Gasteiger partial charge in [0.1, 0.15) is 11.6 Å². The van der Waals surface area contributed by atoms with Crippen molar-refractivity contribution in [3.63, 3.8) is 0 Å². The van der Waals surface area contributed by atoms with Crippen LogP contribution in [0.1, 0.15) is 50.4 Å². The SMILES string of the molecule is C=CC(=[18O])N1C[C@H](C)N(c2nc(=O)n(-c3c(C)ccnc3C(C)C)c3nc(-c4c(F)cccc4C=C)c(Cl)cc23)[C@@H](C)C1. The fourth-order valence-electron chi connectivity index (χ4n) is 5.97. The van der Waals surface area contributed by atoms with E-state index in [4.69, 9.17) is 16.6 Å². The summed E-state index contributed by atoms with van der Waals surface area (Å²) >= 11 is 6.88. The molecule has 1 aliphatic rings. The van der Waals surface area contributed by atoms with E-state index in [9.17, 15) is 9.59 Å². The molecule has 1 saturated heterocycles. The van der Waals surface area contributed by atoms with Gasteiger partial charge in [-0.2, -0.15) is 4.98 Å². The largest absolute Gasteiger partial charge is 0.355 e. The Balaban J connectivity index is 1.87. The maximum absolute atomic E-state index is 15.4. The van der Waals surface area contributed by atoms with Gasteiger partial charge in [-0.3, -0.25) is 9.78 Å². The number of benzene rings is 1. The summed E-state index contributed by atoms with van der Waals surface area (Å²) in [5.74, 6) is -0.289. The van der Waals surface area contributed by atoms with E-state index in [1.807, 2.05) is 45.6 Å². The Morgan fingerprint density at radius 3 is 2.49 bits per heavy atom. The van der Waals surface area contributed by atoms with Crippen molar-refractivity contribution in [1.82, 2.24) is 24.4 Å². The normalized spacial score (nSPS) is 17.0. The minimum absolute atomic E-state index is 0.0160. The lowest BCUT2D eigenvalue weighted by Gasteiger charge is -2.45. The monoisotopic (exact) mass is 602 g/mol. The predicted molar refractivity (Wildman–Crippen MR) is 170 cm³/mol. The summed E-state index contributed by atoms with van der Waals surface area (Å²) in [5, 5.41) is 0.715. The number of hydrogen-bond acceptors (Lipinski definition) is 6. The molecule has 222 valence electrons. The Morgan fingerprint density at radius 2 is 1.86 bits per heavy atom. The first kappa shape index (κ1) is 30.1. The summed E-state index contributed by atoms with van der Waals surface area (Å²) in [4.78, 5) is 44.5. The fourth-order valence-corrected chi connectivity index (χ4v) is 6.22. The molecule has 43 heavy (non-hydrogen) atoms. The van der Waals surface area contributed by atoms with Crippen LogP contribution in [0.15, 0.2) is 60.6 Å². The highest BCUT2D eigenvalue weighted by Gasteiger charge is 2.34. The van der Waals surface area contributed by atoms with Gasteiger partial charge in [0.15, 0.2) is 5.65 Å². The first-order chi connectivity index (χ1) is 20.5. The van der Waals surface area contributed by atoms with Gasteiger partial charge in [0.2, 0.25) is 5.91 Å². The molecule has 0 radical (unpaired) electrons. The van der Waals surface area contributed by atoms with E-state index >= 15 is 4.39 Å². The lowest BCUT2D eigenvalue weighted by molar-refractivity contribution is -0.127. The maximum Gasteiger partial charge on any atom is 0.355 e. The van der Waals surface area contributed by atoms with E-state index in [0.717, 1.165) is 5.56 Å². The van der Waals surface area contributed by atoms with Gasteiger partial charge in [-0.15, -0.1) is 0 Å². The van der Waals surface area contributed by atoms with Gasteiger partial charge in [-0.05, 0) is 62.1 Å². The number of carbonyl (C=O) groups is 1. The van der Waals surface area contributed by atoms with Crippen LogP contribution in [-0.2, 0) is 4.79 Å². The Labute approximate surface area is 255 Å². The zero-order valence-corrected chi connectivity index (χ0v) is 25.7. The van der Waals surface area contributed by atoms with E-state index in [1.54, 1.807) is 35.4 Å². The third-order valence-electron chi connectivity index (χ3n) is 7.88. The van der Waals surface area contributed by atoms with E-state index in [-0.39, 0.29) is 45.8 Å². The number of anilines is 1. The number of aromatic nitrogens is 4. The standard InChI is InChI=1S/C33H34ClFN6O2/c1-8-22-11-10-12-25(35)27(22)29-24(34)15-23-31(37-29)41(30-19(5)13-14-36-28(30)18(3)4)33(43)38-32(23)40-20(6)16-39(17-21(40)7)26(42)9-2/h8-15,18,20-21H,1-2,16-17H2,3-7H3/t20-,21-/m0/s1/i42+2. The van der Waals surface area contributed by atoms with Crippen molar-refractivity contribution in [2.45, 2.75) is 52.6 Å². The highest BCUT2D eigenvalue weighted by molar-refractivity contribution is 6.34. The zero-order chi connectivity index (χ0) is 31.2. The first-order valence-corrected chi connectivity index (χ1v) is 14.6. The van der Waals surface area contributed by atoms with Crippen molar-refractivity contribution in [1.29, 1.82) is 0 Å². The first-order valence-electron chi connectivity index (χ1n) is 14.2. The molecule has 0 N–H and O–H groups in total. The third-order valence-corrected chi connectivity index (χ3v) is 8.17. The molecule has 1 aliphatic heterocycles. The van der Waals surface area contributed by atoms with Gasteiger partial charge >= 0.3 is 5.69 Å². The highest BCUT2D eigenvalue weighted by Crippen LogP contribution is 2.38. The number of nitrogens with zero attached hydrogens (tertiary/aromatic N) is 6. The van der Waals surface area contributed by atoms with Crippen LogP contribution in [0.3, 0.4) is 0 Å². The summed E-state index contributed by atoms with van der Waals surface area (Å²) in [6.07, 6.45) is 4.56. The van der Waals surface area contributed by atoms with Crippen LogP contribution in [0.5, 0.6) is 0 Å². The molecule has 1 amide bonds. The maximum atomic E-state index is 15.4. The number of hydrogen-bond donors (Lipinski definition) is 0. The molecule has 4 aromatic rings. The van der Waals surface area contributed by atoms with Gasteiger partial charge in [0.25, 0.3) is 0 Å².